The lowest BCUT2D eigenvalue weighted by molar-refractivity contribution is -0.150. The zero-order valence-electron chi connectivity index (χ0n) is 6.62. The largest absolute Gasteiger partial charge is 0.463 e. The first-order chi connectivity index (χ1) is 5.17. The summed E-state index contributed by atoms with van der Waals surface area (Å²) < 4.78 is 3.95. The van der Waals surface area contributed by atoms with Crippen molar-refractivity contribution in [1.82, 2.24) is 0 Å². The zero-order valence-corrected chi connectivity index (χ0v) is 8.25. The van der Waals surface area contributed by atoms with Crippen LogP contribution in [0.3, 0.4) is 0 Å². The lowest BCUT2D eigenvalue weighted by atomic mass is 10.5. The molecule has 0 aliphatic heterocycles. The summed E-state index contributed by atoms with van der Waals surface area (Å²) in [6.45, 7) is 0. The highest BCUT2D eigenvalue weighted by atomic mass is 32.2. The molecule has 0 saturated carbocycles. The third kappa shape index (κ3) is 3.16. The number of ether oxygens (including phenoxy) is 1. The fourth-order valence-electron chi connectivity index (χ4n) is 0.507. The number of rotatable bonds is 4. The molecule has 0 heterocycles. The second-order valence-electron chi connectivity index (χ2n) is 1.66. The van der Waals surface area contributed by atoms with Gasteiger partial charge in [-0.15, -0.1) is 23.5 Å². The smallest absolute Gasteiger partial charge is 0.376 e. The summed E-state index contributed by atoms with van der Waals surface area (Å²) in [5.41, 5.74) is 0. The van der Waals surface area contributed by atoms with Crippen molar-refractivity contribution < 1.29 is 14.3 Å². The Morgan fingerprint density at radius 1 is 1.27 bits per heavy atom. The topological polar surface area (TPSA) is 43.4 Å². The number of hydrogen-bond acceptors (Lipinski definition) is 5. The third-order valence-corrected chi connectivity index (χ3v) is 3.47. The molecule has 0 atom stereocenters. The van der Waals surface area contributed by atoms with E-state index >= 15 is 0 Å². The van der Waals surface area contributed by atoms with Crippen molar-refractivity contribution in [3.05, 3.63) is 0 Å². The van der Waals surface area contributed by atoms with Crippen LogP contribution in [0.5, 0.6) is 0 Å². The number of ketones is 1. The van der Waals surface area contributed by atoms with Crippen molar-refractivity contribution >= 4 is 35.3 Å². The summed E-state index contributed by atoms with van der Waals surface area (Å²) >= 11 is 2.67. The van der Waals surface area contributed by atoms with Gasteiger partial charge in [-0.3, -0.25) is 4.79 Å². The van der Waals surface area contributed by atoms with Crippen molar-refractivity contribution in [2.75, 3.05) is 19.6 Å². The maximum atomic E-state index is 11.0. The maximum absolute atomic E-state index is 11.0. The van der Waals surface area contributed by atoms with Crippen molar-refractivity contribution in [2.45, 2.75) is 4.58 Å². The molecule has 0 aromatic carbocycles. The Kier molecular flexibility index (Phi) is 5.41. The van der Waals surface area contributed by atoms with Gasteiger partial charge in [-0.1, -0.05) is 0 Å². The molecule has 64 valence electrons. The minimum atomic E-state index is -0.765. The summed E-state index contributed by atoms with van der Waals surface area (Å²) in [5, 5.41) is 0. The van der Waals surface area contributed by atoms with Gasteiger partial charge in [-0.05, 0) is 12.5 Å². The van der Waals surface area contributed by atoms with Gasteiger partial charge in [0, 0.05) is 0 Å². The lowest BCUT2D eigenvalue weighted by Crippen LogP contribution is -2.24. The molecule has 0 radical (unpaired) electrons. The van der Waals surface area contributed by atoms with Gasteiger partial charge in [0.2, 0.25) is 0 Å². The van der Waals surface area contributed by atoms with E-state index in [2.05, 4.69) is 4.74 Å². The molecular weight excluding hydrogens is 184 g/mol. The fraction of sp³-hybridized carbons (Fsp3) is 0.667. The molecule has 0 amide bonds. The monoisotopic (exact) mass is 194 g/mol. The Morgan fingerprint density at radius 3 is 2.00 bits per heavy atom. The lowest BCUT2D eigenvalue weighted by Gasteiger charge is -2.06. The van der Waals surface area contributed by atoms with E-state index in [0.29, 0.717) is 0 Å². The van der Waals surface area contributed by atoms with Crippen LogP contribution in [-0.2, 0) is 14.3 Å². The normalized spacial score (nSPS) is 9.82. The van der Waals surface area contributed by atoms with E-state index in [1.54, 1.807) is 12.5 Å². The summed E-state index contributed by atoms with van der Waals surface area (Å²) in [4.78, 5) is 21.7. The summed E-state index contributed by atoms with van der Waals surface area (Å²) in [6.07, 6.45) is 3.56. The van der Waals surface area contributed by atoms with Crippen molar-refractivity contribution in [2.24, 2.45) is 0 Å². The van der Waals surface area contributed by atoms with Crippen LogP contribution in [0.2, 0.25) is 0 Å². The SMILES string of the molecule is COC(=O)C(=O)C(SC)SC. The van der Waals surface area contributed by atoms with Crippen molar-refractivity contribution in [3.63, 3.8) is 0 Å². The first kappa shape index (κ1) is 10.8. The highest BCUT2D eigenvalue weighted by Crippen LogP contribution is 2.19. The van der Waals surface area contributed by atoms with Crippen LogP contribution < -0.4 is 0 Å². The second-order valence-corrected chi connectivity index (χ2v) is 3.84. The van der Waals surface area contributed by atoms with Crippen LogP contribution >= 0.6 is 23.5 Å². The molecule has 0 aliphatic rings. The Labute approximate surface area is 74.2 Å². The molecule has 3 nitrogen and oxygen atoms in total. The number of thioether (sulfide) groups is 2. The first-order valence-electron chi connectivity index (χ1n) is 2.85. The molecule has 0 aliphatic carbocycles. The van der Waals surface area contributed by atoms with Crippen LogP contribution in [0.1, 0.15) is 0 Å². The second kappa shape index (κ2) is 5.49. The Bertz CT molecular complexity index is 154. The Hall–Kier alpha value is -0.160. The maximum Gasteiger partial charge on any atom is 0.376 e. The molecule has 0 bridgehead atoms. The van der Waals surface area contributed by atoms with E-state index in [0.717, 1.165) is 0 Å². The third-order valence-electron chi connectivity index (χ3n) is 1.03. The highest BCUT2D eigenvalue weighted by molar-refractivity contribution is 8.17. The van der Waals surface area contributed by atoms with Gasteiger partial charge in [0.05, 0.1) is 7.11 Å². The number of carbonyl (C=O) groups is 2. The predicted molar refractivity (Wildman–Crippen MR) is 47.8 cm³/mol. The molecule has 0 N–H and O–H groups in total. The Morgan fingerprint density at radius 2 is 1.73 bits per heavy atom. The summed E-state index contributed by atoms with van der Waals surface area (Å²) in [6, 6.07) is 0. The molecule has 0 aromatic heterocycles. The highest BCUT2D eigenvalue weighted by Gasteiger charge is 2.23. The van der Waals surface area contributed by atoms with E-state index in [1.165, 1.54) is 30.6 Å². The quantitative estimate of drug-likeness (QED) is 0.376. The van der Waals surface area contributed by atoms with Gasteiger partial charge in [0.15, 0.2) is 0 Å². The molecule has 0 unspecified atom stereocenters. The van der Waals surface area contributed by atoms with Crippen LogP contribution in [0.25, 0.3) is 0 Å². The number of carbonyl (C=O) groups excluding carboxylic acids is 2. The molecular formula is C6H10O3S2. The minimum absolute atomic E-state index is 0.331. The van der Waals surface area contributed by atoms with Crippen molar-refractivity contribution in [3.8, 4) is 0 Å². The zero-order chi connectivity index (χ0) is 8.85. The van der Waals surface area contributed by atoms with E-state index in [1.807, 2.05) is 0 Å². The molecule has 0 fully saturated rings. The number of hydrogen-bond donors (Lipinski definition) is 0. The predicted octanol–water partition coefficient (Wildman–Crippen LogP) is 0.781. The van der Waals surface area contributed by atoms with Gasteiger partial charge in [0.1, 0.15) is 4.58 Å². The van der Waals surface area contributed by atoms with E-state index in [-0.39, 0.29) is 4.58 Å². The summed E-state index contributed by atoms with van der Waals surface area (Å²) in [7, 11) is 1.21. The standard InChI is InChI=1S/C6H10O3S2/c1-9-5(8)4(7)6(10-2)11-3/h6H,1-3H3. The van der Waals surface area contributed by atoms with Crippen LogP contribution in [-0.4, -0.2) is 36.0 Å². The Balaban J connectivity index is 4.09. The van der Waals surface area contributed by atoms with Gasteiger partial charge < -0.3 is 4.74 Å². The number of methoxy groups -OCH3 is 1. The fourth-order valence-corrected chi connectivity index (χ4v) is 1.90. The number of esters is 1. The molecule has 5 heteroatoms. The van der Waals surface area contributed by atoms with Gasteiger partial charge in [-0.2, -0.15) is 0 Å². The van der Waals surface area contributed by atoms with E-state index < -0.39 is 11.8 Å². The number of Topliss-reactive ketones (excluding diaryl/α,β-unsaturated/α-hetero) is 1. The summed E-state index contributed by atoms with van der Waals surface area (Å²) in [5.74, 6) is -1.24. The van der Waals surface area contributed by atoms with Crippen molar-refractivity contribution in [1.29, 1.82) is 0 Å². The van der Waals surface area contributed by atoms with E-state index in [9.17, 15) is 9.59 Å². The average molecular weight is 194 g/mol. The molecule has 0 saturated heterocycles. The van der Waals surface area contributed by atoms with Crippen LogP contribution in [0.15, 0.2) is 0 Å². The molecule has 11 heavy (non-hydrogen) atoms. The van der Waals surface area contributed by atoms with Crippen LogP contribution in [0.4, 0.5) is 0 Å². The molecule has 0 spiro atoms. The molecule has 0 aromatic rings. The average Bonchev–Trinajstić information content (AvgIpc) is 2.05. The van der Waals surface area contributed by atoms with Gasteiger partial charge in [-0.25, -0.2) is 4.79 Å². The minimum Gasteiger partial charge on any atom is -0.463 e. The first-order valence-corrected chi connectivity index (χ1v) is 5.42. The van der Waals surface area contributed by atoms with Crippen LogP contribution in [0, 0.1) is 0 Å². The van der Waals surface area contributed by atoms with Gasteiger partial charge >= 0.3 is 5.97 Å². The van der Waals surface area contributed by atoms with E-state index in [4.69, 9.17) is 0 Å². The van der Waals surface area contributed by atoms with Gasteiger partial charge in [0.25, 0.3) is 5.78 Å². The molecule has 0 rings (SSSR count).